The maximum atomic E-state index is 15.0. The van der Waals surface area contributed by atoms with Gasteiger partial charge in [-0.25, -0.2) is 0 Å². The van der Waals surface area contributed by atoms with E-state index in [1.165, 1.54) is 5.57 Å². The fraction of sp³-hybridized carbons (Fsp3) is 0.697. The molecule has 8 rings (SSSR count). The van der Waals surface area contributed by atoms with Gasteiger partial charge in [0.05, 0.1) is 6.10 Å². The van der Waals surface area contributed by atoms with Crippen LogP contribution in [0.3, 0.4) is 0 Å². The van der Waals surface area contributed by atoms with Crippen molar-refractivity contribution in [2.75, 3.05) is 7.11 Å². The van der Waals surface area contributed by atoms with E-state index in [0.29, 0.717) is 18.3 Å². The Morgan fingerprint density at radius 3 is 2.49 bits per heavy atom. The normalized spacial score (nSPS) is 51.6. The van der Waals surface area contributed by atoms with Crippen molar-refractivity contribution in [1.82, 2.24) is 5.32 Å². The Labute approximate surface area is 231 Å². The number of nitrogens with one attached hydrogen (secondary N) is 1. The van der Waals surface area contributed by atoms with Crippen LogP contribution >= 0.6 is 0 Å². The summed E-state index contributed by atoms with van der Waals surface area (Å²) in [6.07, 6.45) is 4.26. The number of benzene rings is 1. The summed E-state index contributed by atoms with van der Waals surface area (Å²) in [6, 6.07) is 8.19. The van der Waals surface area contributed by atoms with Crippen LogP contribution in [0.5, 0.6) is 5.75 Å². The smallest absolute Gasteiger partial charge is 0.236 e. The summed E-state index contributed by atoms with van der Waals surface area (Å²) in [5.41, 5.74) is -0.809. The van der Waals surface area contributed by atoms with Crippen molar-refractivity contribution in [1.29, 1.82) is 0 Å². The van der Waals surface area contributed by atoms with E-state index in [4.69, 9.17) is 9.47 Å². The first-order chi connectivity index (χ1) is 18.4. The van der Waals surface area contributed by atoms with Gasteiger partial charge in [-0.1, -0.05) is 51.5 Å². The zero-order valence-corrected chi connectivity index (χ0v) is 24.1. The molecule has 3 aliphatic heterocycles. The molecule has 1 spiro atoms. The molecule has 7 aliphatic rings. The number of ether oxygens (including phenoxy) is 2. The Balaban J connectivity index is 1.49. The van der Waals surface area contributed by atoms with E-state index in [1.54, 1.807) is 7.11 Å². The predicted octanol–water partition coefficient (Wildman–Crippen LogP) is 4.69. The fourth-order valence-corrected chi connectivity index (χ4v) is 11.2. The Kier molecular flexibility index (Phi) is 5.27. The average molecular weight is 534 g/mol. The number of amides is 1. The lowest BCUT2D eigenvalue weighted by atomic mass is 9.47. The van der Waals surface area contributed by atoms with Crippen LogP contribution in [-0.2, 0) is 20.7 Å². The Morgan fingerprint density at radius 2 is 1.79 bits per heavy atom. The average Bonchev–Trinajstić information content (AvgIpc) is 3.28. The summed E-state index contributed by atoms with van der Waals surface area (Å²) in [7, 11) is 1.60. The number of methoxy groups -OCH3 is 1. The fourth-order valence-electron chi connectivity index (χ4n) is 11.2. The minimum atomic E-state index is -1.31. The highest BCUT2D eigenvalue weighted by molar-refractivity contribution is 6.10. The van der Waals surface area contributed by atoms with Gasteiger partial charge in [-0.05, 0) is 67.1 Å². The van der Waals surface area contributed by atoms with Crippen LogP contribution in [0, 0.1) is 51.8 Å². The lowest BCUT2D eigenvalue weighted by Gasteiger charge is -2.56. The van der Waals surface area contributed by atoms with E-state index in [0.717, 1.165) is 24.2 Å². The van der Waals surface area contributed by atoms with E-state index in [2.05, 4.69) is 51.2 Å². The molecule has 1 saturated heterocycles. The van der Waals surface area contributed by atoms with Crippen LogP contribution in [0.1, 0.15) is 65.9 Å². The van der Waals surface area contributed by atoms with Gasteiger partial charge in [-0.15, -0.1) is 0 Å². The topological polar surface area (TPSA) is 84.9 Å². The van der Waals surface area contributed by atoms with Crippen molar-refractivity contribution in [2.45, 2.75) is 84.7 Å². The molecule has 39 heavy (non-hydrogen) atoms. The first-order valence-corrected chi connectivity index (χ1v) is 14.9. The quantitative estimate of drug-likeness (QED) is 0.404. The maximum Gasteiger partial charge on any atom is 0.236 e. The molecule has 0 aromatic heterocycles. The number of aliphatic hydroxyl groups is 1. The monoisotopic (exact) mass is 533 g/mol. The van der Waals surface area contributed by atoms with Crippen LogP contribution in [0.25, 0.3) is 0 Å². The second-order valence-corrected chi connectivity index (χ2v) is 14.7. The predicted molar refractivity (Wildman–Crippen MR) is 147 cm³/mol. The highest BCUT2D eigenvalue weighted by Crippen LogP contribution is 2.70. The number of aliphatic hydroxyl groups excluding tert-OH is 1. The van der Waals surface area contributed by atoms with Crippen molar-refractivity contribution in [2.24, 2.45) is 51.8 Å². The van der Waals surface area contributed by atoms with Gasteiger partial charge in [0.2, 0.25) is 5.91 Å². The molecule has 6 heteroatoms. The van der Waals surface area contributed by atoms with Gasteiger partial charge in [0.25, 0.3) is 0 Å². The minimum Gasteiger partial charge on any atom is -0.490 e. The third-order valence-electron chi connectivity index (χ3n) is 12.3. The molecule has 6 nitrogen and oxygen atoms in total. The molecule has 12 atom stereocenters. The second kappa shape index (κ2) is 7.97. The largest absolute Gasteiger partial charge is 0.490 e. The molecular weight excluding hydrogens is 490 g/mol. The standard InChI is InChI=1S/C33H43NO5/c1-17-11-18(2)25-27-23-24(31(25,5)12-17)19(3)13-30(4)22(35)15-32(28(36)26(23)30)16-33(38-6,34-29(32)37)14-20-7-9-21(39-27)10-8-20/h7-10,13,17-18,22-27,35H,11-12,14-16H2,1-6H3,(H,34,37). The first-order valence-electron chi connectivity index (χ1n) is 14.9. The zero-order valence-electron chi connectivity index (χ0n) is 24.1. The number of Topliss-reactive ketones (excluding diaryl/α,β-unsaturated/α-hetero) is 1. The lowest BCUT2D eigenvalue weighted by Crippen LogP contribution is -2.63. The van der Waals surface area contributed by atoms with Gasteiger partial charge in [0.15, 0.2) is 5.78 Å². The molecule has 5 bridgehead atoms. The van der Waals surface area contributed by atoms with Gasteiger partial charge in [0, 0.05) is 43.1 Å². The van der Waals surface area contributed by atoms with Crippen LogP contribution in [-0.4, -0.2) is 41.8 Å². The van der Waals surface area contributed by atoms with E-state index >= 15 is 4.79 Å². The highest BCUT2D eigenvalue weighted by Gasteiger charge is 2.74. The van der Waals surface area contributed by atoms with Crippen LogP contribution in [0.4, 0.5) is 0 Å². The van der Waals surface area contributed by atoms with Crippen molar-refractivity contribution < 1.29 is 24.2 Å². The zero-order chi connectivity index (χ0) is 27.7. The van der Waals surface area contributed by atoms with E-state index in [1.807, 2.05) is 19.1 Å². The molecule has 4 fully saturated rings. The van der Waals surface area contributed by atoms with Crippen LogP contribution in [0.15, 0.2) is 35.9 Å². The van der Waals surface area contributed by atoms with Crippen LogP contribution < -0.4 is 10.1 Å². The number of ketones is 1. The molecule has 2 N–H and O–H groups in total. The highest BCUT2D eigenvalue weighted by atomic mass is 16.5. The third-order valence-corrected chi connectivity index (χ3v) is 12.3. The van der Waals surface area contributed by atoms with Crippen molar-refractivity contribution >= 4 is 11.7 Å². The molecule has 0 radical (unpaired) electrons. The van der Waals surface area contributed by atoms with Gasteiger partial charge in [-0.2, -0.15) is 0 Å². The number of rotatable bonds is 1. The SMILES string of the molecule is COC12Cc3ccc(cc3)OC3C4C5C(=O)C(CC(O)C5(C)C=C(C)C4C4(C)CC(C)CC(C)C34)(C1)C(=O)N2. The van der Waals surface area contributed by atoms with Gasteiger partial charge >= 0.3 is 0 Å². The van der Waals surface area contributed by atoms with Gasteiger partial charge in [-0.3, -0.25) is 9.59 Å². The van der Waals surface area contributed by atoms with Gasteiger partial charge in [0.1, 0.15) is 23.0 Å². The molecule has 1 aromatic rings. The van der Waals surface area contributed by atoms with E-state index in [-0.39, 0.29) is 53.8 Å². The van der Waals surface area contributed by atoms with Crippen LogP contribution in [0.2, 0.25) is 0 Å². The first kappa shape index (κ1) is 25.8. The van der Waals surface area contributed by atoms with Crippen molar-refractivity contribution in [3.63, 3.8) is 0 Å². The lowest BCUT2D eigenvalue weighted by molar-refractivity contribution is -0.167. The Hall–Kier alpha value is -2.18. The molecular formula is C33H43NO5. The van der Waals surface area contributed by atoms with E-state index in [9.17, 15) is 9.90 Å². The van der Waals surface area contributed by atoms with Crippen molar-refractivity contribution in [3.05, 3.63) is 41.5 Å². The number of allylic oxidation sites excluding steroid dienone is 1. The summed E-state index contributed by atoms with van der Waals surface area (Å²) < 4.78 is 13.0. The summed E-state index contributed by atoms with van der Waals surface area (Å²) in [6.45, 7) is 11.4. The minimum absolute atomic E-state index is 0.0236. The summed E-state index contributed by atoms with van der Waals surface area (Å²) in [5, 5.41) is 15.0. The van der Waals surface area contributed by atoms with E-state index < -0.39 is 28.6 Å². The summed E-state index contributed by atoms with van der Waals surface area (Å²) >= 11 is 0. The molecule has 1 aromatic carbocycles. The molecule has 3 heterocycles. The number of hydrogen-bond acceptors (Lipinski definition) is 5. The molecule has 4 aliphatic carbocycles. The second-order valence-electron chi connectivity index (χ2n) is 14.7. The van der Waals surface area contributed by atoms with Gasteiger partial charge < -0.3 is 19.9 Å². The number of carbonyl (C=O) groups is 2. The summed E-state index contributed by atoms with van der Waals surface area (Å²) in [4.78, 5) is 29.0. The summed E-state index contributed by atoms with van der Waals surface area (Å²) in [5.74, 6) is 1.34. The maximum absolute atomic E-state index is 15.0. The van der Waals surface area contributed by atoms with Crippen molar-refractivity contribution in [3.8, 4) is 5.75 Å². The number of carbonyl (C=O) groups excluding carboxylic acids is 2. The number of fused-ring (bicyclic) bond motifs is 4. The Morgan fingerprint density at radius 1 is 1.08 bits per heavy atom. The number of hydrogen-bond donors (Lipinski definition) is 2. The molecule has 12 unspecified atom stereocenters. The molecule has 1 amide bonds. The Bertz CT molecular complexity index is 1270. The molecule has 210 valence electrons. The molecule has 3 saturated carbocycles. The third kappa shape index (κ3) is 3.16.